The summed E-state index contributed by atoms with van der Waals surface area (Å²) in [5, 5.41) is 4.37. The lowest BCUT2D eigenvalue weighted by Gasteiger charge is -2.43. The summed E-state index contributed by atoms with van der Waals surface area (Å²) in [7, 11) is -8.78. The Morgan fingerprint density at radius 2 is 1.69 bits per heavy atom. The Labute approximate surface area is 193 Å². The molecule has 13 heteroatoms. The molecule has 0 aliphatic carbocycles. The summed E-state index contributed by atoms with van der Waals surface area (Å²) in [6, 6.07) is 0. The van der Waals surface area contributed by atoms with E-state index in [4.69, 9.17) is 29.0 Å². The number of hydrogen-bond donors (Lipinski definition) is 1. The Morgan fingerprint density at radius 3 is 2.09 bits per heavy atom. The fourth-order valence-electron chi connectivity index (χ4n) is 3.14. The molecular formula is C19H38N4O6SSi2. The fourth-order valence-corrected chi connectivity index (χ4v) is 6.65. The topological polar surface area (TPSA) is 146 Å². The quantitative estimate of drug-likeness (QED) is 0.185. The summed E-state index contributed by atoms with van der Waals surface area (Å²) < 4.78 is 49.5. The van der Waals surface area contributed by atoms with Gasteiger partial charge in [0.05, 0.1) is 17.7 Å². The van der Waals surface area contributed by atoms with Crippen molar-refractivity contribution in [1.82, 2.24) is 0 Å². The molecule has 0 radical (unpaired) electrons. The van der Waals surface area contributed by atoms with Crippen molar-refractivity contribution in [3.05, 3.63) is 21.5 Å². The van der Waals surface area contributed by atoms with Crippen molar-refractivity contribution in [3.8, 4) is 0 Å². The second-order valence-corrected chi connectivity index (χ2v) is 22.5. The molecular weight excluding hydrogens is 468 g/mol. The monoisotopic (exact) mass is 506 g/mol. The number of nitrogens with two attached hydrogens (primary N) is 1. The number of azide groups is 1. The van der Waals surface area contributed by atoms with Crippen molar-refractivity contribution >= 4 is 26.8 Å². The lowest BCUT2D eigenvalue weighted by atomic mass is 9.90. The van der Waals surface area contributed by atoms with Crippen LogP contribution in [0, 0.1) is 0 Å². The molecule has 1 spiro atoms. The largest absolute Gasteiger partial charge is 0.414 e. The van der Waals surface area contributed by atoms with E-state index < -0.39 is 50.8 Å². The maximum atomic E-state index is 12.5. The Balaban J connectivity index is 2.56. The van der Waals surface area contributed by atoms with Gasteiger partial charge in [-0.1, -0.05) is 46.7 Å². The maximum absolute atomic E-state index is 12.5. The molecule has 0 aromatic carbocycles. The molecule has 0 aromatic heterocycles. The van der Waals surface area contributed by atoms with Crippen LogP contribution in [-0.4, -0.2) is 55.7 Å². The van der Waals surface area contributed by atoms with Gasteiger partial charge in [-0.05, 0) is 41.8 Å². The van der Waals surface area contributed by atoms with Crippen molar-refractivity contribution in [2.45, 2.75) is 102 Å². The average Bonchev–Trinajstić information content (AvgIpc) is 2.98. The molecule has 2 aliphatic rings. The standard InChI is InChI=1S/C19H38N4O6SSi2/c1-17(2,3)31(7,8)26-11-14-19(13(20)12-30(24,25)29-19)15(16(27-14)22-23-21)28-32(9,10)18(4,5)6/h12,14-16H,11,20H2,1-10H3/t14-,15+,16-,19-/m1/s1. The molecule has 2 heterocycles. The molecule has 2 N–H and O–H groups in total. The van der Waals surface area contributed by atoms with Crippen LogP contribution in [-0.2, 0) is 27.9 Å². The number of hydrogen-bond acceptors (Lipinski definition) is 8. The van der Waals surface area contributed by atoms with Crippen LogP contribution in [0.4, 0.5) is 0 Å². The third-order valence-corrected chi connectivity index (χ3v) is 17.2. The van der Waals surface area contributed by atoms with Crippen LogP contribution in [0.5, 0.6) is 0 Å². The number of ether oxygens (including phenoxy) is 1. The first kappa shape index (κ1) is 27.3. The Hall–Kier alpha value is -0.926. The van der Waals surface area contributed by atoms with Crippen LogP contribution in [0.15, 0.2) is 16.2 Å². The molecule has 2 rings (SSSR count). The van der Waals surface area contributed by atoms with Gasteiger partial charge in [-0.3, -0.25) is 0 Å². The summed E-state index contributed by atoms with van der Waals surface area (Å²) in [6.45, 7) is 20.6. The minimum atomic E-state index is -4.08. The number of nitrogens with zero attached hydrogens (tertiary/aromatic N) is 3. The van der Waals surface area contributed by atoms with Gasteiger partial charge >= 0.3 is 0 Å². The highest BCUT2D eigenvalue weighted by Crippen LogP contribution is 2.49. The van der Waals surface area contributed by atoms with Crippen LogP contribution in [0.1, 0.15) is 41.5 Å². The molecule has 0 unspecified atom stereocenters. The molecule has 1 fully saturated rings. The van der Waals surface area contributed by atoms with E-state index in [1.165, 1.54) is 0 Å². The normalized spacial score (nSPS) is 30.9. The van der Waals surface area contributed by atoms with Gasteiger partial charge in [-0.15, -0.1) is 0 Å². The molecule has 184 valence electrons. The fraction of sp³-hybridized carbons (Fsp3) is 0.895. The zero-order chi connectivity index (χ0) is 25.0. The first-order valence-corrected chi connectivity index (χ1v) is 17.9. The van der Waals surface area contributed by atoms with Crippen LogP contribution in [0.2, 0.25) is 36.3 Å². The minimum absolute atomic E-state index is 0.0232. The van der Waals surface area contributed by atoms with E-state index >= 15 is 0 Å². The number of rotatable bonds is 6. The summed E-state index contributed by atoms with van der Waals surface area (Å²) in [5.74, 6) is 0. The van der Waals surface area contributed by atoms with Gasteiger partial charge in [0, 0.05) is 4.91 Å². The molecule has 32 heavy (non-hydrogen) atoms. The second-order valence-electron chi connectivity index (χ2n) is 11.5. The molecule has 2 aliphatic heterocycles. The predicted octanol–water partition coefficient (Wildman–Crippen LogP) is 4.33. The molecule has 1 saturated heterocycles. The highest BCUT2D eigenvalue weighted by Gasteiger charge is 2.66. The highest BCUT2D eigenvalue weighted by atomic mass is 32.2. The predicted molar refractivity (Wildman–Crippen MR) is 128 cm³/mol. The van der Waals surface area contributed by atoms with Crippen molar-refractivity contribution in [1.29, 1.82) is 0 Å². The third kappa shape index (κ3) is 4.94. The summed E-state index contributed by atoms with van der Waals surface area (Å²) in [4.78, 5) is 2.90. The van der Waals surface area contributed by atoms with Crippen molar-refractivity contribution in [3.63, 3.8) is 0 Å². The lowest BCUT2D eigenvalue weighted by molar-refractivity contribution is -0.0393. The molecule has 0 aromatic rings. The van der Waals surface area contributed by atoms with E-state index in [0.717, 1.165) is 5.41 Å². The van der Waals surface area contributed by atoms with Gasteiger partial charge in [0.2, 0.25) is 0 Å². The van der Waals surface area contributed by atoms with Crippen LogP contribution >= 0.6 is 0 Å². The van der Waals surface area contributed by atoms with Crippen molar-refractivity contribution in [2.24, 2.45) is 10.8 Å². The van der Waals surface area contributed by atoms with E-state index in [-0.39, 0.29) is 22.4 Å². The summed E-state index contributed by atoms with van der Waals surface area (Å²) >= 11 is 0. The molecule has 0 saturated carbocycles. The van der Waals surface area contributed by atoms with Gasteiger partial charge in [0.15, 0.2) is 28.5 Å². The van der Waals surface area contributed by atoms with Gasteiger partial charge in [-0.25, -0.2) is 4.18 Å². The Kier molecular flexibility index (Phi) is 7.16. The summed E-state index contributed by atoms with van der Waals surface area (Å²) in [5.41, 5.74) is 13.7. The van der Waals surface area contributed by atoms with E-state index in [1.54, 1.807) is 0 Å². The highest BCUT2D eigenvalue weighted by molar-refractivity contribution is 7.90. The first-order valence-electron chi connectivity index (χ1n) is 10.6. The lowest BCUT2D eigenvalue weighted by Crippen LogP contribution is -2.59. The smallest absolute Gasteiger partial charge is 0.292 e. The maximum Gasteiger partial charge on any atom is 0.292 e. The second kappa shape index (κ2) is 8.38. The molecule has 10 nitrogen and oxygen atoms in total. The van der Waals surface area contributed by atoms with Crippen molar-refractivity contribution in [2.75, 3.05) is 6.61 Å². The van der Waals surface area contributed by atoms with Crippen molar-refractivity contribution < 1.29 is 26.2 Å². The molecule has 0 bridgehead atoms. The first-order chi connectivity index (χ1) is 14.2. The van der Waals surface area contributed by atoms with E-state index in [1.807, 2.05) is 33.9 Å². The van der Waals surface area contributed by atoms with Crippen LogP contribution in [0.3, 0.4) is 0 Å². The Bertz CT molecular complexity index is 919. The Morgan fingerprint density at radius 1 is 1.16 bits per heavy atom. The minimum Gasteiger partial charge on any atom is -0.414 e. The van der Waals surface area contributed by atoms with Gasteiger partial charge in [0.1, 0.15) is 12.2 Å². The SMILES string of the molecule is CC(C)(C)[Si](C)(C)OC[C@H]1O[C@@H](N=[N+]=[N-])[C@H](O[Si](C)(C)C(C)(C)C)[C@]12OS(=O)(=O)C=C2N. The van der Waals surface area contributed by atoms with E-state index in [0.29, 0.717) is 0 Å². The zero-order valence-corrected chi connectivity index (χ0v) is 23.6. The molecule has 4 atom stereocenters. The van der Waals surface area contributed by atoms with Crippen LogP contribution < -0.4 is 5.73 Å². The molecule has 0 amide bonds. The zero-order valence-electron chi connectivity index (χ0n) is 20.8. The van der Waals surface area contributed by atoms with E-state index in [9.17, 15) is 8.42 Å². The van der Waals surface area contributed by atoms with Gasteiger partial charge < -0.3 is 19.3 Å². The van der Waals surface area contributed by atoms with E-state index in [2.05, 4.69) is 43.9 Å². The van der Waals surface area contributed by atoms with Gasteiger partial charge in [-0.2, -0.15) is 8.42 Å². The average molecular weight is 507 g/mol. The summed E-state index contributed by atoms with van der Waals surface area (Å²) in [6.07, 6.45) is -3.10. The van der Waals surface area contributed by atoms with Crippen LogP contribution in [0.25, 0.3) is 10.4 Å². The third-order valence-electron chi connectivity index (χ3n) is 7.24. The van der Waals surface area contributed by atoms with Gasteiger partial charge in [0.25, 0.3) is 10.1 Å².